The van der Waals surface area contributed by atoms with Crippen molar-refractivity contribution in [1.82, 2.24) is 4.98 Å². The molecule has 1 unspecified atom stereocenters. The molecule has 1 aliphatic carbocycles. The Bertz CT molecular complexity index is 574. The predicted octanol–water partition coefficient (Wildman–Crippen LogP) is 2.53. The molecule has 0 aliphatic heterocycles. The third kappa shape index (κ3) is 1.90. The number of aliphatic carboxylic acids is 1. The Morgan fingerprint density at radius 2 is 2.11 bits per heavy atom. The largest absolute Gasteiger partial charge is 0.481 e. The number of oxazole rings is 1. The molecule has 1 aliphatic rings. The molecule has 4 nitrogen and oxygen atoms in total. The topological polar surface area (TPSA) is 63.3 Å². The maximum absolute atomic E-state index is 11.0. The van der Waals surface area contributed by atoms with Gasteiger partial charge in [0.15, 0.2) is 0 Å². The standard InChI is InChI=1S/C14H13NO3/c16-14(17)10-6-7-11-12(8-10)18-13(15-11)9-4-2-1-3-5-9/h1-5,10H,6-8H2,(H,16,17). The third-order valence-corrected chi connectivity index (χ3v) is 3.31. The van der Waals surface area contributed by atoms with E-state index < -0.39 is 5.97 Å². The molecular weight excluding hydrogens is 230 g/mol. The van der Waals surface area contributed by atoms with Crippen LogP contribution >= 0.6 is 0 Å². The summed E-state index contributed by atoms with van der Waals surface area (Å²) in [5, 5.41) is 9.03. The molecule has 2 aromatic rings. The average Bonchev–Trinajstić information content (AvgIpc) is 2.82. The molecule has 0 fully saturated rings. The number of nitrogens with zero attached hydrogens (tertiary/aromatic N) is 1. The van der Waals surface area contributed by atoms with Crippen LogP contribution in [0.25, 0.3) is 11.5 Å². The highest BCUT2D eigenvalue weighted by atomic mass is 16.4. The van der Waals surface area contributed by atoms with Crippen LogP contribution in [-0.4, -0.2) is 16.1 Å². The van der Waals surface area contributed by atoms with Crippen molar-refractivity contribution in [1.29, 1.82) is 0 Å². The van der Waals surface area contributed by atoms with E-state index >= 15 is 0 Å². The second kappa shape index (κ2) is 4.29. The lowest BCUT2D eigenvalue weighted by atomic mass is 9.91. The number of fused-ring (bicyclic) bond motifs is 1. The van der Waals surface area contributed by atoms with Gasteiger partial charge in [0.1, 0.15) is 5.76 Å². The molecule has 4 heteroatoms. The van der Waals surface area contributed by atoms with Gasteiger partial charge < -0.3 is 9.52 Å². The molecule has 1 atom stereocenters. The van der Waals surface area contributed by atoms with Gasteiger partial charge in [-0.25, -0.2) is 4.98 Å². The zero-order chi connectivity index (χ0) is 12.5. The van der Waals surface area contributed by atoms with Gasteiger partial charge in [0.05, 0.1) is 11.6 Å². The van der Waals surface area contributed by atoms with Crippen LogP contribution in [0.4, 0.5) is 0 Å². The molecule has 0 spiro atoms. The van der Waals surface area contributed by atoms with Gasteiger partial charge in [-0.2, -0.15) is 0 Å². The summed E-state index contributed by atoms with van der Waals surface area (Å²) in [5.74, 6) is 0.228. The number of rotatable bonds is 2. The van der Waals surface area contributed by atoms with Gasteiger partial charge in [-0.1, -0.05) is 18.2 Å². The van der Waals surface area contributed by atoms with Gasteiger partial charge in [0.25, 0.3) is 0 Å². The smallest absolute Gasteiger partial charge is 0.306 e. The molecule has 1 N–H and O–H groups in total. The molecule has 92 valence electrons. The summed E-state index contributed by atoms with van der Waals surface area (Å²) in [6.07, 6.45) is 1.77. The zero-order valence-corrected chi connectivity index (χ0v) is 9.80. The first-order valence-electron chi connectivity index (χ1n) is 6.01. The molecule has 3 rings (SSSR count). The van der Waals surface area contributed by atoms with Crippen molar-refractivity contribution in [3.05, 3.63) is 41.8 Å². The number of hydrogen-bond acceptors (Lipinski definition) is 3. The first-order valence-corrected chi connectivity index (χ1v) is 6.01. The molecule has 18 heavy (non-hydrogen) atoms. The van der Waals surface area contributed by atoms with E-state index in [1.54, 1.807) is 0 Å². The molecule has 1 aromatic carbocycles. The van der Waals surface area contributed by atoms with E-state index in [-0.39, 0.29) is 5.92 Å². The number of aromatic nitrogens is 1. The van der Waals surface area contributed by atoms with E-state index in [1.807, 2.05) is 30.3 Å². The summed E-state index contributed by atoms with van der Waals surface area (Å²) in [7, 11) is 0. The summed E-state index contributed by atoms with van der Waals surface area (Å²) >= 11 is 0. The van der Waals surface area contributed by atoms with Crippen molar-refractivity contribution in [3.63, 3.8) is 0 Å². The molecule has 1 heterocycles. The number of aryl methyl sites for hydroxylation is 1. The summed E-state index contributed by atoms with van der Waals surface area (Å²) in [4.78, 5) is 15.4. The van der Waals surface area contributed by atoms with E-state index in [4.69, 9.17) is 9.52 Å². The number of carboxylic acid groups (broad SMARTS) is 1. The van der Waals surface area contributed by atoms with Gasteiger partial charge in [0, 0.05) is 12.0 Å². The molecule has 0 bridgehead atoms. The second-order valence-electron chi connectivity index (χ2n) is 4.53. The fourth-order valence-electron chi connectivity index (χ4n) is 2.29. The Balaban J connectivity index is 1.92. The quantitative estimate of drug-likeness (QED) is 0.880. The van der Waals surface area contributed by atoms with Crippen LogP contribution in [0.1, 0.15) is 17.9 Å². The summed E-state index contributed by atoms with van der Waals surface area (Å²) in [6.45, 7) is 0. The molecule has 0 radical (unpaired) electrons. The third-order valence-electron chi connectivity index (χ3n) is 3.31. The average molecular weight is 243 g/mol. The van der Waals surface area contributed by atoms with Crippen LogP contribution in [0, 0.1) is 5.92 Å². The van der Waals surface area contributed by atoms with Crippen LogP contribution in [0.3, 0.4) is 0 Å². The van der Waals surface area contributed by atoms with Gasteiger partial charge in [0.2, 0.25) is 5.89 Å². The number of hydrogen-bond donors (Lipinski definition) is 1. The minimum Gasteiger partial charge on any atom is -0.481 e. The first kappa shape index (κ1) is 11.0. The van der Waals surface area contributed by atoms with E-state index in [0.29, 0.717) is 25.2 Å². The van der Waals surface area contributed by atoms with Crippen molar-refractivity contribution in [3.8, 4) is 11.5 Å². The first-order chi connectivity index (χ1) is 8.74. The maximum atomic E-state index is 11.0. The van der Waals surface area contributed by atoms with Crippen molar-refractivity contribution >= 4 is 5.97 Å². The lowest BCUT2D eigenvalue weighted by Crippen LogP contribution is -2.21. The lowest BCUT2D eigenvalue weighted by molar-refractivity contribution is -0.142. The normalized spacial score (nSPS) is 18.3. The fraction of sp³-hybridized carbons (Fsp3) is 0.286. The molecule has 0 saturated carbocycles. The van der Waals surface area contributed by atoms with Crippen molar-refractivity contribution < 1.29 is 14.3 Å². The predicted molar refractivity (Wildman–Crippen MR) is 65.1 cm³/mol. The zero-order valence-electron chi connectivity index (χ0n) is 9.80. The van der Waals surface area contributed by atoms with Crippen LogP contribution in [0.2, 0.25) is 0 Å². The van der Waals surface area contributed by atoms with Gasteiger partial charge >= 0.3 is 5.97 Å². The van der Waals surface area contributed by atoms with Crippen LogP contribution < -0.4 is 0 Å². The highest BCUT2D eigenvalue weighted by Gasteiger charge is 2.28. The lowest BCUT2D eigenvalue weighted by Gasteiger charge is -2.15. The van der Waals surface area contributed by atoms with Gasteiger partial charge in [-0.15, -0.1) is 0 Å². The molecular formula is C14H13NO3. The van der Waals surface area contributed by atoms with Crippen LogP contribution in [0.15, 0.2) is 34.7 Å². The molecule has 0 amide bonds. The van der Waals surface area contributed by atoms with E-state index in [9.17, 15) is 4.79 Å². The second-order valence-corrected chi connectivity index (χ2v) is 4.53. The van der Waals surface area contributed by atoms with Crippen LogP contribution in [-0.2, 0) is 17.6 Å². The SMILES string of the molecule is O=C(O)C1CCc2nc(-c3ccccc3)oc2C1. The number of carboxylic acids is 1. The minimum atomic E-state index is -0.752. The Hall–Kier alpha value is -2.10. The van der Waals surface area contributed by atoms with Gasteiger partial charge in [-0.05, 0) is 25.0 Å². The van der Waals surface area contributed by atoms with E-state index in [1.165, 1.54) is 0 Å². The van der Waals surface area contributed by atoms with Gasteiger partial charge in [-0.3, -0.25) is 4.79 Å². The van der Waals surface area contributed by atoms with Crippen molar-refractivity contribution in [2.45, 2.75) is 19.3 Å². The number of benzene rings is 1. The molecule has 1 aromatic heterocycles. The highest BCUT2D eigenvalue weighted by Crippen LogP contribution is 2.29. The maximum Gasteiger partial charge on any atom is 0.306 e. The fourth-order valence-corrected chi connectivity index (χ4v) is 2.29. The van der Waals surface area contributed by atoms with Crippen LogP contribution in [0.5, 0.6) is 0 Å². The Kier molecular flexibility index (Phi) is 2.63. The van der Waals surface area contributed by atoms with Crippen molar-refractivity contribution in [2.75, 3.05) is 0 Å². The van der Waals surface area contributed by atoms with E-state index in [2.05, 4.69) is 4.98 Å². The Labute approximate surface area is 104 Å². The monoisotopic (exact) mass is 243 g/mol. The Morgan fingerprint density at radius 1 is 1.33 bits per heavy atom. The summed E-state index contributed by atoms with van der Waals surface area (Å²) < 4.78 is 5.70. The van der Waals surface area contributed by atoms with E-state index in [0.717, 1.165) is 17.0 Å². The molecule has 0 saturated heterocycles. The minimum absolute atomic E-state index is 0.339. The Morgan fingerprint density at radius 3 is 2.83 bits per heavy atom. The summed E-state index contributed by atoms with van der Waals surface area (Å²) in [6, 6.07) is 9.67. The van der Waals surface area contributed by atoms with Crippen molar-refractivity contribution in [2.24, 2.45) is 5.92 Å². The highest BCUT2D eigenvalue weighted by molar-refractivity contribution is 5.70. The number of carbonyl (C=O) groups is 1. The summed E-state index contributed by atoms with van der Waals surface area (Å²) in [5.41, 5.74) is 1.84.